The molecule has 2 aliphatic rings. The monoisotopic (exact) mass is 644 g/mol. The Kier molecular flexibility index (Phi) is 12.4. The maximum absolute atomic E-state index is 14.0. The van der Waals surface area contributed by atoms with E-state index in [1.165, 1.54) is 18.9 Å². The first kappa shape index (κ1) is 36.3. The van der Waals surface area contributed by atoms with Crippen molar-refractivity contribution in [3.8, 4) is 0 Å². The van der Waals surface area contributed by atoms with Gasteiger partial charge in [0.05, 0.1) is 18.2 Å². The van der Waals surface area contributed by atoms with Gasteiger partial charge in [-0.25, -0.2) is 0 Å². The van der Waals surface area contributed by atoms with E-state index in [0.717, 1.165) is 36.9 Å². The molecule has 1 aliphatic heterocycles. The van der Waals surface area contributed by atoms with Crippen LogP contribution in [0.4, 0.5) is 0 Å². The predicted octanol–water partition coefficient (Wildman–Crippen LogP) is 5.11. The van der Waals surface area contributed by atoms with Gasteiger partial charge in [-0.05, 0) is 74.5 Å². The van der Waals surface area contributed by atoms with Crippen LogP contribution in [0.3, 0.4) is 0 Å². The highest BCUT2D eigenvalue weighted by Crippen LogP contribution is 2.39. The molecule has 2 aromatic rings. The number of benzene rings is 2. The fraction of sp³-hybridized carbons (Fsp3) is 0.564. The van der Waals surface area contributed by atoms with E-state index in [1.807, 2.05) is 102 Å². The lowest BCUT2D eigenvalue weighted by Crippen LogP contribution is -2.61. The van der Waals surface area contributed by atoms with Gasteiger partial charge in [0.15, 0.2) is 0 Å². The number of amides is 3. The van der Waals surface area contributed by atoms with Crippen molar-refractivity contribution in [1.82, 2.24) is 20.9 Å². The molecular formula is C39H56N4O4. The lowest BCUT2D eigenvalue weighted by atomic mass is 9.72. The molecule has 8 nitrogen and oxygen atoms in total. The van der Waals surface area contributed by atoms with Gasteiger partial charge in [0.2, 0.25) is 17.7 Å². The molecule has 0 aromatic heterocycles. The number of aliphatic hydroxyl groups is 1. The van der Waals surface area contributed by atoms with Gasteiger partial charge >= 0.3 is 0 Å². The van der Waals surface area contributed by atoms with Gasteiger partial charge in [0, 0.05) is 24.7 Å². The lowest BCUT2D eigenvalue weighted by Gasteiger charge is -2.47. The SMILES string of the molecule is CC(C)(C)NC(=O)[C@@H]1CC2CCCCC2CN1C[C@@H](O)C(Cc1ccccc1)NC(=O)[C@@H](NC(=O)/C=C/c1ccccc1)C(C)(C)C. The number of nitrogens with zero attached hydrogens (tertiary/aromatic N) is 1. The number of likely N-dealkylation sites (tertiary alicyclic amines) is 1. The topological polar surface area (TPSA) is 111 Å². The van der Waals surface area contributed by atoms with Crippen LogP contribution in [0.1, 0.15) is 84.8 Å². The molecule has 1 saturated heterocycles. The van der Waals surface area contributed by atoms with Crippen LogP contribution in [0, 0.1) is 17.3 Å². The Morgan fingerprint density at radius 2 is 1.51 bits per heavy atom. The smallest absolute Gasteiger partial charge is 0.244 e. The number of fused-ring (bicyclic) bond motifs is 1. The number of hydrogen-bond donors (Lipinski definition) is 4. The first-order chi connectivity index (χ1) is 22.2. The molecule has 3 amide bonds. The third-order valence-corrected chi connectivity index (χ3v) is 9.46. The van der Waals surface area contributed by atoms with Crippen molar-refractivity contribution in [2.75, 3.05) is 13.1 Å². The van der Waals surface area contributed by atoms with E-state index in [2.05, 4.69) is 20.9 Å². The molecule has 3 unspecified atom stereocenters. The van der Waals surface area contributed by atoms with Crippen LogP contribution < -0.4 is 16.0 Å². The van der Waals surface area contributed by atoms with Crippen LogP contribution in [-0.4, -0.2) is 70.6 Å². The molecule has 1 saturated carbocycles. The summed E-state index contributed by atoms with van der Waals surface area (Å²) in [6.45, 7) is 12.7. The van der Waals surface area contributed by atoms with Crippen LogP contribution in [-0.2, 0) is 20.8 Å². The zero-order valence-corrected chi connectivity index (χ0v) is 29.2. The molecule has 8 heteroatoms. The molecule has 1 aliphatic carbocycles. The quantitative estimate of drug-likeness (QED) is 0.254. The van der Waals surface area contributed by atoms with Crippen molar-refractivity contribution >= 4 is 23.8 Å². The summed E-state index contributed by atoms with van der Waals surface area (Å²) in [4.78, 5) is 42.7. The fourth-order valence-electron chi connectivity index (χ4n) is 7.01. The number of piperidine rings is 1. The van der Waals surface area contributed by atoms with Gasteiger partial charge in [0.25, 0.3) is 0 Å². The van der Waals surface area contributed by atoms with E-state index in [9.17, 15) is 19.5 Å². The van der Waals surface area contributed by atoms with Gasteiger partial charge in [-0.3, -0.25) is 19.3 Å². The second-order valence-corrected chi connectivity index (χ2v) is 15.7. The zero-order valence-electron chi connectivity index (χ0n) is 29.2. The van der Waals surface area contributed by atoms with E-state index >= 15 is 0 Å². The Bertz CT molecular complexity index is 1350. The van der Waals surface area contributed by atoms with Crippen LogP contribution in [0.15, 0.2) is 66.7 Å². The fourth-order valence-corrected chi connectivity index (χ4v) is 7.01. The van der Waals surface area contributed by atoms with E-state index in [1.54, 1.807) is 6.08 Å². The molecule has 0 spiro atoms. The van der Waals surface area contributed by atoms with Crippen molar-refractivity contribution < 1.29 is 19.5 Å². The third kappa shape index (κ3) is 11.0. The molecule has 1 heterocycles. The second-order valence-electron chi connectivity index (χ2n) is 15.7. The summed E-state index contributed by atoms with van der Waals surface area (Å²) in [5.74, 6) is 0.288. The van der Waals surface area contributed by atoms with Crippen LogP contribution in [0.5, 0.6) is 0 Å². The maximum atomic E-state index is 14.0. The molecule has 0 radical (unpaired) electrons. The largest absolute Gasteiger partial charge is 0.390 e. The van der Waals surface area contributed by atoms with Crippen molar-refractivity contribution in [2.45, 2.75) is 110 Å². The molecule has 256 valence electrons. The van der Waals surface area contributed by atoms with Crippen molar-refractivity contribution in [3.63, 3.8) is 0 Å². The van der Waals surface area contributed by atoms with E-state index in [-0.39, 0.29) is 35.8 Å². The van der Waals surface area contributed by atoms with Gasteiger partial charge in [0.1, 0.15) is 6.04 Å². The number of carbonyl (C=O) groups excluding carboxylic acids is 3. The molecule has 0 bridgehead atoms. The second kappa shape index (κ2) is 16.1. The lowest BCUT2D eigenvalue weighted by molar-refractivity contribution is -0.134. The molecule has 4 N–H and O–H groups in total. The highest BCUT2D eigenvalue weighted by atomic mass is 16.3. The summed E-state index contributed by atoms with van der Waals surface area (Å²) >= 11 is 0. The number of carbonyl (C=O) groups is 3. The van der Waals surface area contributed by atoms with E-state index in [4.69, 9.17) is 0 Å². The van der Waals surface area contributed by atoms with Crippen molar-refractivity contribution in [1.29, 1.82) is 0 Å². The summed E-state index contributed by atoms with van der Waals surface area (Å²) in [5.41, 5.74) is 0.906. The normalized spacial score (nSPS) is 22.5. The van der Waals surface area contributed by atoms with Crippen LogP contribution >= 0.6 is 0 Å². The van der Waals surface area contributed by atoms with Crippen molar-refractivity contribution in [2.24, 2.45) is 17.3 Å². The number of aliphatic hydroxyl groups excluding tert-OH is 1. The van der Waals surface area contributed by atoms with E-state index < -0.39 is 23.6 Å². The van der Waals surface area contributed by atoms with Gasteiger partial charge in [-0.2, -0.15) is 0 Å². The first-order valence-corrected chi connectivity index (χ1v) is 17.3. The molecule has 6 atom stereocenters. The Hall–Kier alpha value is -3.49. The molecule has 2 aromatic carbocycles. The Morgan fingerprint density at radius 3 is 2.13 bits per heavy atom. The van der Waals surface area contributed by atoms with Crippen molar-refractivity contribution in [3.05, 3.63) is 77.9 Å². The summed E-state index contributed by atoms with van der Waals surface area (Å²) in [6.07, 6.45) is 8.09. The Balaban J connectivity index is 1.54. The Morgan fingerprint density at radius 1 is 0.894 bits per heavy atom. The maximum Gasteiger partial charge on any atom is 0.244 e. The number of hydrogen-bond acceptors (Lipinski definition) is 5. The standard InChI is InChI=1S/C39H56N4O4/c1-38(2,3)35(41-34(45)22-21-27-15-9-7-10-16-27)37(47)40-31(23-28-17-11-8-12-18-28)33(44)26-43-25-30-20-14-13-19-29(30)24-32(43)36(46)42-39(4,5)6/h7-12,15-18,21-22,29-33,35,44H,13-14,19-20,23-26H2,1-6H3,(H,40,47)(H,41,45)(H,42,46)/b22-21+/t29?,30?,31?,32-,33+,35+/m0/s1. The van der Waals surface area contributed by atoms with Gasteiger partial charge in [-0.1, -0.05) is 101 Å². The Labute approximate surface area is 281 Å². The summed E-state index contributed by atoms with van der Waals surface area (Å²) in [6, 6.07) is 17.5. The summed E-state index contributed by atoms with van der Waals surface area (Å²) in [5, 5.41) is 21.1. The number of nitrogens with one attached hydrogen (secondary N) is 3. The molecular weight excluding hydrogens is 588 g/mol. The molecule has 2 fully saturated rings. The minimum Gasteiger partial charge on any atom is -0.390 e. The van der Waals surface area contributed by atoms with Crippen LogP contribution in [0.25, 0.3) is 6.08 Å². The molecule has 47 heavy (non-hydrogen) atoms. The average molecular weight is 645 g/mol. The average Bonchev–Trinajstić information content (AvgIpc) is 3.01. The van der Waals surface area contributed by atoms with Gasteiger partial charge in [-0.15, -0.1) is 0 Å². The minimum absolute atomic E-state index is 0.00330. The minimum atomic E-state index is -0.946. The first-order valence-electron chi connectivity index (χ1n) is 17.3. The number of rotatable bonds is 11. The molecule has 4 rings (SSSR count). The number of β-amino-alcohol motifs (C(OH)–C–C–N with tert-alkyl or cyclic N) is 1. The van der Waals surface area contributed by atoms with Crippen LogP contribution in [0.2, 0.25) is 0 Å². The summed E-state index contributed by atoms with van der Waals surface area (Å²) in [7, 11) is 0. The zero-order chi connectivity index (χ0) is 34.2. The summed E-state index contributed by atoms with van der Waals surface area (Å²) < 4.78 is 0. The van der Waals surface area contributed by atoms with Gasteiger partial charge < -0.3 is 21.1 Å². The third-order valence-electron chi connectivity index (χ3n) is 9.46. The predicted molar refractivity (Wildman–Crippen MR) is 188 cm³/mol. The highest BCUT2D eigenvalue weighted by molar-refractivity contribution is 5.96. The van der Waals surface area contributed by atoms with E-state index in [0.29, 0.717) is 18.3 Å². The highest BCUT2D eigenvalue weighted by Gasteiger charge is 2.42.